The Labute approximate surface area is 166 Å². The highest BCUT2D eigenvalue weighted by Gasteiger charge is 2.15. The zero-order valence-corrected chi connectivity index (χ0v) is 15.2. The lowest BCUT2D eigenvalue weighted by Crippen LogP contribution is -2.03. The summed E-state index contributed by atoms with van der Waals surface area (Å²) >= 11 is 0. The molecule has 5 aromatic rings. The second-order valence-corrected chi connectivity index (χ2v) is 5.85. The van der Waals surface area contributed by atoms with Gasteiger partial charge in [0.15, 0.2) is 5.78 Å². The lowest BCUT2D eigenvalue weighted by Gasteiger charge is -1.98. The van der Waals surface area contributed by atoms with Crippen LogP contribution in [-0.2, 0) is 0 Å². The van der Waals surface area contributed by atoms with E-state index >= 15 is 0 Å². The van der Waals surface area contributed by atoms with Gasteiger partial charge >= 0.3 is 0 Å². The van der Waals surface area contributed by atoms with Crippen LogP contribution in [0.3, 0.4) is 0 Å². The van der Waals surface area contributed by atoms with Gasteiger partial charge in [-0.15, -0.1) is 0 Å². The Morgan fingerprint density at radius 3 is 2.50 bits per heavy atom. The lowest BCUT2D eigenvalue weighted by atomic mass is 10.1. The van der Waals surface area contributed by atoms with Crippen LogP contribution in [0.25, 0.3) is 22.2 Å². The molecule has 0 saturated heterocycles. The Bertz CT molecular complexity index is 1370. The van der Waals surface area contributed by atoms with Gasteiger partial charge in [-0.05, 0) is 6.07 Å². The van der Waals surface area contributed by atoms with Gasteiger partial charge in [0.25, 0.3) is 11.1 Å². The van der Waals surface area contributed by atoms with Crippen molar-refractivity contribution in [1.82, 2.24) is 19.9 Å². The van der Waals surface area contributed by atoms with E-state index in [4.69, 9.17) is 13.3 Å². The largest absolute Gasteiger partial charge is 0.470 e. The summed E-state index contributed by atoms with van der Waals surface area (Å²) in [6, 6.07) is 3.23. The molecule has 150 valence electrons. The number of aromatic nitrogens is 4. The molecule has 1 aliphatic heterocycles. The number of hydrogen-bond donors (Lipinski definition) is 2. The second kappa shape index (κ2) is 8.22. The molecule has 0 spiro atoms. The van der Waals surface area contributed by atoms with E-state index < -0.39 is 0 Å². The fourth-order valence-corrected chi connectivity index (χ4v) is 2.54. The van der Waals surface area contributed by atoms with Gasteiger partial charge in [-0.25, -0.2) is 9.97 Å². The summed E-state index contributed by atoms with van der Waals surface area (Å²) in [5.41, 5.74) is 2.09. The SMILES string of the molecule is O=C1CC=Nc2cocc21.O=c1[nH]cnc2ccoc12.O=c1[nH]cnc2occc12. The number of fused-ring (bicyclic) bond motifs is 3. The second-order valence-electron chi connectivity index (χ2n) is 5.85. The smallest absolute Gasteiger partial charge is 0.294 e. The number of aliphatic imine (C=N–C) groups is 1. The maximum absolute atomic E-state index is 11.0. The minimum absolute atomic E-state index is 0.0822. The van der Waals surface area contributed by atoms with Crippen molar-refractivity contribution in [3.63, 3.8) is 0 Å². The van der Waals surface area contributed by atoms with Crippen molar-refractivity contribution in [2.45, 2.75) is 6.42 Å². The summed E-state index contributed by atoms with van der Waals surface area (Å²) in [5.74, 6) is 0.0822. The molecule has 0 unspecified atom stereocenters. The van der Waals surface area contributed by atoms with Gasteiger partial charge in [0.05, 0.1) is 30.7 Å². The maximum atomic E-state index is 11.0. The van der Waals surface area contributed by atoms with Crippen molar-refractivity contribution < 1.29 is 18.0 Å². The van der Waals surface area contributed by atoms with Crippen molar-refractivity contribution >= 4 is 39.9 Å². The number of ketones is 1. The van der Waals surface area contributed by atoms with Gasteiger partial charge in [0, 0.05) is 18.7 Å². The van der Waals surface area contributed by atoms with Gasteiger partial charge in [-0.2, -0.15) is 0 Å². The van der Waals surface area contributed by atoms with E-state index in [0.29, 0.717) is 34.3 Å². The molecular formula is C19H13N5O6. The quantitative estimate of drug-likeness (QED) is 0.396. The first-order valence-corrected chi connectivity index (χ1v) is 8.57. The number of H-pyrrole nitrogens is 2. The zero-order chi connectivity index (χ0) is 20.9. The van der Waals surface area contributed by atoms with Crippen molar-refractivity contribution in [2.75, 3.05) is 0 Å². The van der Waals surface area contributed by atoms with Crippen molar-refractivity contribution in [3.8, 4) is 0 Å². The van der Waals surface area contributed by atoms with E-state index in [0.717, 1.165) is 0 Å². The van der Waals surface area contributed by atoms with Crippen LogP contribution in [0.2, 0.25) is 0 Å². The summed E-state index contributed by atoms with van der Waals surface area (Å²) in [4.78, 5) is 49.2. The lowest BCUT2D eigenvalue weighted by molar-refractivity contribution is 0.100. The summed E-state index contributed by atoms with van der Waals surface area (Å²) in [6.07, 6.45) is 10.4. The van der Waals surface area contributed by atoms with Crippen molar-refractivity contribution in [3.05, 3.63) is 76.1 Å². The third-order valence-electron chi connectivity index (χ3n) is 3.97. The number of carbonyl (C=O) groups excluding carboxylic acids is 1. The fourth-order valence-electron chi connectivity index (χ4n) is 2.54. The van der Waals surface area contributed by atoms with Crippen LogP contribution >= 0.6 is 0 Å². The number of aromatic amines is 2. The van der Waals surface area contributed by atoms with Gasteiger partial charge in [0.2, 0.25) is 11.3 Å². The Morgan fingerprint density at radius 1 is 0.900 bits per heavy atom. The van der Waals surface area contributed by atoms with E-state index in [9.17, 15) is 14.4 Å². The maximum Gasteiger partial charge on any atom is 0.294 e. The number of nitrogens with one attached hydrogen (secondary N) is 2. The van der Waals surface area contributed by atoms with Crippen LogP contribution in [0.15, 0.2) is 77.7 Å². The van der Waals surface area contributed by atoms with Crippen LogP contribution in [0.5, 0.6) is 0 Å². The molecule has 11 heteroatoms. The predicted molar refractivity (Wildman–Crippen MR) is 105 cm³/mol. The average Bonchev–Trinajstić information content (AvgIpc) is 3.50. The average molecular weight is 407 g/mol. The van der Waals surface area contributed by atoms with Crippen LogP contribution in [0, 0.1) is 0 Å². The molecule has 2 N–H and O–H groups in total. The molecule has 0 aliphatic carbocycles. The molecule has 0 aromatic carbocycles. The van der Waals surface area contributed by atoms with E-state index in [-0.39, 0.29) is 22.5 Å². The molecule has 11 nitrogen and oxygen atoms in total. The van der Waals surface area contributed by atoms with Crippen LogP contribution < -0.4 is 11.1 Å². The number of hydrogen-bond acceptors (Lipinski definition) is 9. The third-order valence-corrected chi connectivity index (χ3v) is 3.97. The number of carbonyl (C=O) groups is 1. The normalized spacial score (nSPS) is 12.1. The minimum atomic E-state index is -0.241. The molecule has 6 heterocycles. The summed E-state index contributed by atoms with van der Waals surface area (Å²) in [6.45, 7) is 0. The van der Waals surface area contributed by atoms with E-state index in [1.54, 1.807) is 18.3 Å². The standard InChI is InChI=1S/C7H5NO2.2C6H4N2O2/c9-7-1-2-8-6-4-10-3-5(6)7;9-6-5-4(1-2-10-5)7-3-8-6;9-5-4-1-2-10-6(4)8-3-7-5/h2-4H,1H2;2*1-3H,(H,7,8,9). The molecule has 5 aromatic heterocycles. The van der Waals surface area contributed by atoms with Gasteiger partial charge in [-0.3, -0.25) is 19.4 Å². The molecule has 1 aliphatic rings. The molecule has 0 bridgehead atoms. The Kier molecular flexibility index (Phi) is 5.16. The Morgan fingerprint density at radius 2 is 1.70 bits per heavy atom. The fraction of sp³-hybridized carbons (Fsp3) is 0.0526. The Hall–Kier alpha value is -4.54. The van der Waals surface area contributed by atoms with Crippen molar-refractivity contribution in [1.29, 1.82) is 0 Å². The van der Waals surface area contributed by atoms with E-state index in [1.165, 1.54) is 37.7 Å². The number of Topliss-reactive ketones (excluding diaryl/α,β-unsaturated/α-hetero) is 1. The highest BCUT2D eigenvalue weighted by atomic mass is 16.3. The number of nitrogens with zero attached hydrogens (tertiary/aromatic N) is 3. The van der Waals surface area contributed by atoms with Crippen LogP contribution in [-0.4, -0.2) is 31.9 Å². The molecule has 30 heavy (non-hydrogen) atoms. The molecule has 6 rings (SSSR count). The van der Waals surface area contributed by atoms with Gasteiger partial charge in [0.1, 0.15) is 29.1 Å². The molecule has 0 radical (unpaired) electrons. The molecular weight excluding hydrogens is 394 g/mol. The molecule has 0 atom stereocenters. The predicted octanol–water partition coefficient (Wildman–Crippen LogP) is 2.60. The van der Waals surface area contributed by atoms with Gasteiger partial charge < -0.3 is 23.2 Å². The highest BCUT2D eigenvalue weighted by molar-refractivity contribution is 6.09. The third kappa shape index (κ3) is 3.85. The van der Waals surface area contributed by atoms with Gasteiger partial charge in [-0.1, -0.05) is 0 Å². The molecule has 0 amide bonds. The van der Waals surface area contributed by atoms with E-state index in [1.807, 2.05) is 0 Å². The first kappa shape index (κ1) is 18.8. The monoisotopic (exact) mass is 407 g/mol. The first-order valence-electron chi connectivity index (χ1n) is 8.57. The summed E-state index contributed by atoms with van der Waals surface area (Å²) < 4.78 is 14.5. The topological polar surface area (TPSA) is 160 Å². The van der Waals surface area contributed by atoms with Crippen LogP contribution in [0.4, 0.5) is 5.69 Å². The highest BCUT2D eigenvalue weighted by Crippen LogP contribution is 2.24. The number of rotatable bonds is 0. The molecule has 0 fully saturated rings. The number of furan rings is 3. The first-order chi connectivity index (χ1) is 14.6. The molecule has 0 saturated carbocycles. The summed E-state index contributed by atoms with van der Waals surface area (Å²) in [5, 5.41) is 0.488. The minimum Gasteiger partial charge on any atom is -0.470 e. The zero-order valence-electron chi connectivity index (χ0n) is 15.2. The van der Waals surface area contributed by atoms with Crippen LogP contribution in [0.1, 0.15) is 16.8 Å². The Balaban J connectivity index is 0.000000109. The van der Waals surface area contributed by atoms with Crippen molar-refractivity contribution in [2.24, 2.45) is 4.99 Å². The van der Waals surface area contributed by atoms with E-state index in [2.05, 4.69) is 24.9 Å². The summed E-state index contributed by atoms with van der Waals surface area (Å²) in [7, 11) is 0.